The topological polar surface area (TPSA) is 259 Å². The van der Waals surface area contributed by atoms with E-state index in [2.05, 4.69) is 25.6 Å². The molecule has 9 atom stereocenters. The largest absolute Gasteiger partial charge is 0.465 e. The van der Waals surface area contributed by atoms with Crippen molar-refractivity contribution in [1.82, 2.24) is 15.1 Å². The van der Waals surface area contributed by atoms with E-state index in [1.165, 1.54) is 49.6 Å². The summed E-state index contributed by atoms with van der Waals surface area (Å²) in [5.41, 5.74) is 6.15. The summed E-state index contributed by atoms with van der Waals surface area (Å²) in [6, 6.07) is 23.8. The lowest BCUT2D eigenvalue weighted by atomic mass is 9.73. The number of anilines is 3. The number of rotatable bonds is 14. The highest BCUT2D eigenvalue weighted by atomic mass is 35.5. The number of nitrogens with two attached hydrogens (primary N) is 1. The summed E-state index contributed by atoms with van der Waals surface area (Å²) in [5, 5.41) is 35.2. The Morgan fingerprint density at radius 1 is 0.674 bits per heavy atom. The molecule has 2 unspecified atom stereocenters. The number of amides is 2. The molecule has 0 radical (unpaired) electrons. The number of fused-ring (bicyclic) bond motifs is 5. The number of carbonyl (C=O) groups excluding carboxylic acids is 5. The molecule has 7 aliphatic rings. The zero-order chi connectivity index (χ0) is 61.7. The number of nitro benzene ring substituents is 1. The Morgan fingerprint density at radius 3 is 1.69 bits per heavy atom. The summed E-state index contributed by atoms with van der Waals surface area (Å²) in [5.74, 6) is -6.04. The fourth-order valence-corrected chi connectivity index (χ4v) is 15.1. The van der Waals surface area contributed by atoms with Crippen LogP contribution in [-0.4, -0.2) is 101 Å². The number of Topliss-reactive ketones (excluding diaryl/α,β-unsaturated/α-hetero) is 1. The minimum Gasteiger partial charge on any atom is -0.465 e. The van der Waals surface area contributed by atoms with Crippen LogP contribution in [0.15, 0.2) is 109 Å². The first-order valence-electron chi connectivity index (χ1n) is 28.0. The van der Waals surface area contributed by atoms with E-state index in [0.717, 1.165) is 56.1 Å². The lowest BCUT2D eigenvalue weighted by Gasteiger charge is -2.41. The van der Waals surface area contributed by atoms with Gasteiger partial charge in [0.15, 0.2) is 5.78 Å². The molecule has 2 amide bonds. The minimum absolute atomic E-state index is 0. The normalized spacial score (nSPS) is 25.4. The molecule has 6 aromatic carbocycles. The molecule has 2 aliphatic carbocycles. The van der Waals surface area contributed by atoms with Gasteiger partial charge in [-0.15, -0.1) is 0 Å². The molecule has 5 fully saturated rings. The summed E-state index contributed by atoms with van der Waals surface area (Å²) in [6.45, 7) is 0.861. The number of methoxy groups -OCH3 is 2. The molecule has 466 valence electrons. The summed E-state index contributed by atoms with van der Waals surface area (Å²) in [7, 11) is 2.43. The Morgan fingerprint density at radius 2 is 1.18 bits per heavy atom. The quantitative estimate of drug-likeness (QED) is 0.0260. The van der Waals surface area contributed by atoms with Crippen molar-refractivity contribution in [2.75, 3.05) is 43.7 Å². The van der Waals surface area contributed by atoms with Gasteiger partial charge in [0.1, 0.15) is 22.7 Å². The smallest absolute Gasteiger partial charge is 0.338 e. The fraction of sp³-hybridized carbons (Fsp3) is 0.359. The number of halogens is 6. The maximum Gasteiger partial charge on any atom is 0.338 e. The molecule has 5 heterocycles. The zero-order valence-corrected chi connectivity index (χ0v) is 49.4. The van der Waals surface area contributed by atoms with Gasteiger partial charge in [-0.3, -0.25) is 44.4 Å². The van der Waals surface area contributed by atoms with E-state index in [1.54, 1.807) is 47.4 Å². The first-order valence-corrected chi connectivity index (χ1v) is 29.6. The van der Waals surface area contributed by atoms with Crippen LogP contribution < -0.4 is 21.7 Å². The van der Waals surface area contributed by atoms with Gasteiger partial charge in [-0.2, -0.15) is 0 Å². The van der Waals surface area contributed by atoms with Gasteiger partial charge in [-0.05, 0) is 116 Å². The second kappa shape index (κ2) is 24.6. The van der Waals surface area contributed by atoms with Gasteiger partial charge >= 0.3 is 11.9 Å². The van der Waals surface area contributed by atoms with Crippen LogP contribution >= 0.6 is 46.4 Å². The molecule has 2 saturated carbocycles. The number of nitrogens with zero attached hydrogens (tertiary/aromatic N) is 4. The highest BCUT2D eigenvalue weighted by Gasteiger charge is 2.73. The zero-order valence-electron chi connectivity index (χ0n) is 46.4. The van der Waals surface area contributed by atoms with Gasteiger partial charge in [-0.25, -0.2) is 18.4 Å². The number of ether oxygens (including phenoxy) is 2. The highest BCUT2D eigenvalue weighted by molar-refractivity contribution is 6.32. The van der Waals surface area contributed by atoms with Gasteiger partial charge in [0, 0.05) is 98.3 Å². The van der Waals surface area contributed by atoms with Crippen molar-refractivity contribution in [2.45, 2.75) is 107 Å². The second-order valence-corrected chi connectivity index (χ2v) is 24.8. The number of nitrogen functional groups attached to an aromatic ring is 1. The molecular formula is C64H62Cl4F2N8O11. The molecule has 5 N–H and O–H groups in total. The van der Waals surface area contributed by atoms with Crippen LogP contribution in [0, 0.1) is 43.7 Å². The molecule has 6 aromatic rings. The first-order chi connectivity index (χ1) is 41.6. The van der Waals surface area contributed by atoms with Crippen LogP contribution in [0.2, 0.25) is 20.1 Å². The molecule has 25 heteroatoms. The van der Waals surface area contributed by atoms with Gasteiger partial charge in [0.25, 0.3) is 11.6 Å². The van der Waals surface area contributed by atoms with Crippen molar-refractivity contribution in [3.8, 4) is 0 Å². The Kier molecular flexibility index (Phi) is 17.8. The lowest BCUT2D eigenvalue weighted by Crippen LogP contribution is -2.53. The average Bonchev–Trinajstić information content (AvgIpc) is 1.53. The Hall–Kier alpha value is -7.63. The maximum absolute atomic E-state index is 16.0. The number of nitrogens with one attached hydrogen (secondary N) is 3. The van der Waals surface area contributed by atoms with Crippen molar-refractivity contribution in [3.05, 3.63) is 206 Å². The number of nitro groups is 2. The van der Waals surface area contributed by atoms with E-state index in [9.17, 15) is 44.2 Å². The number of carbonyl (C=O) groups is 5. The van der Waals surface area contributed by atoms with Crippen molar-refractivity contribution in [2.24, 2.45) is 11.8 Å². The highest BCUT2D eigenvalue weighted by Crippen LogP contribution is 2.63. The minimum atomic E-state index is -1.86. The van der Waals surface area contributed by atoms with Gasteiger partial charge < -0.3 is 31.2 Å². The molecule has 2 spiro atoms. The number of likely N-dealkylation sites (tertiary alicyclic amines) is 2. The van der Waals surface area contributed by atoms with Crippen LogP contribution in [0.5, 0.6) is 0 Å². The van der Waals surface area contributed by atoms with Gasteiger partial charge in [0.05, 0.1) is 57.8 Å². The fourth-order valence-electron chi connectivity index (χ4n) is 14.4. The molecule has 5 aliphatic heterocycles. The molecule has 3 saturated heterocycles. The third-order valence-electron chi connectivity index (χ3n) is 18.3. The Labute approximate surface area is 530 Å². The van der Waals surface area contributed by atoms with Crippen molar-refractivity contribution in [3.63, 3.8) is 0 Å². The number of hydrogen-bond donors (Lipinski definition) is 4. The van der Waals surface area contributed by atoms with Crippen molar-refractivity contribution >= 4 is 98.7 Å². The van der Waals surface area contributed by atoms with E-state index in [0.29, 0.717) is 52.0 Å². The molecular weight excluding hydrogens is 1240 g/mol. The monoisotopic (exact) mass is 1300 g/mol. The maximum atomic E-state index is 16.0. The number of ketones is 1. The van der Waals surface area contributed by atoms with E-state index in [-0.39, 0.29) is 88.8 Å². The van der Waals surface area contributed by atoms with Crippen molar-refractivity contribution in [1.29, 1.82) is 0 Å². The standard InChI is InChI=1S/C31H25Cl2FN4O8.C31H29Cl2FN4O3.2CH4/c1-46-29(40)16-7-9-18(23(11-16)37(42)43)25(39)13-24-28(38(44)45)26(19-3-2-4-21(33)27(19)34)31(36(24)14-15-5-6-15)20-10-8-17(32)12-22(20)35-30(31)41;1-41-29(39)16-7-9-18(22(35)11-16)23-13-25-28(36-23)26(19-3-2-4-21(33)27(19)34)31(38(25)14-15-5-6-15)20-10-8-17(32)12-24(20)37-30(31)40;;/h2-4,7-12,15,24,26,28H,5-6,13-14H2,1H3,(H,35,41);2-4,7-12,15,23,25-26,28,36H,5-6,13-14,35H2,1H3,(H,37,40);2*1H4/t24-,26-,28?,31+;23?,25-,26-,28+,31+;;/m00../s1. The average molecular weight is 1300 g/mol. The van der Waals surface area contributed by atoms with E-state index < -0.39 is 92.2 Å². The van der Waals surface area contributed by atoms with Crippen LogP contribution in [0.3, 0.4) is 0 Å². The third-order valence-corrected chi connectivity index (χ3v) is 19.4. The Bertz CT molecular complexity index is 3930. The molecule has 19 nitrogen and oxygen atoms in total. The first kappa shape index (κ1) is 64.4. The summed E-state index contributed by atoms with van der Waals surface area (Å²) in [4.78, 5) is 94.2. The third kappa shape index (κ3) is 10.7. The SMILES string of the molecule is C.C.COC(=O)c1ccc(C(=O)C[C@H]2C([N+](=O)[O-])[C@H](c3cccc(Cl)c3F)[C@]3(C(=O)Nc4cc(Cl)ccc43)N2CC2CC2)c([N+](=O)[O-])c1.COC(=O)c1ccc(C2C[C@H]3[C@@H](N2)[C@H](c2cccc(Cl)c2F)[C@]2(C(=O)Nc4cc(Cl)ccc42)N3CC2CC2)c(N)c1. The predicted octanol–water partition coefficient (Wildman–Crippen LogP) is 12.7. The lowest BCUT2D eigenvalue weighted by molar-refractivity contribution is -0.528. The summed E-state index contributed by atoms with van der Waals surface area (Å²) in [6.07, 6.45) is 3.73. The van der Waals surface area contributed by atoms with E-state index in [4.69, 9.17) is 56.9 Å². The number of hydrogen-bond acceptors (Lipinski definition) is 15. The van der Waals surface area contributed by atoms with Crippen LogP contribution in [0.4, 0.5) is 31.5 Å². The number of benzene rings is 6. The molecule has 0 aromatic heterocycles. The summed E-state index contributed by atoms with van der Waals surface area (Å²) >= 11 is 25.1. The van der Waals surface area contributed by atoms with Gasteiger partial charge in [0.2, 0.25) is 11.9 Å². The van der Waals surface area contributed by atoms with Gasteiger partial charge in [-0.1, -0.05) is 104 Å². The van der Waals surface area contributed by atoms with Crippen LogP contribution in [-0.2, 0) is 30.1 Å². The molecule has 0 bridgehead atoms. The van der Waals surface area contributed by atoms with Crippen molar-refractivity contribution < 1.29 is 52.1 Å². The van der Waals surface area contributed by atoms with E-state index >= 15 is 8.78 Å². The predicted molar refractivity (Wildman–Crippen MR) is 332 cm³/mol. The van der Waals surface area contributed by atoms with E-state index in [1.807, 2.05) is 12.1 Å². The molecule has 89 heavy (non-hydrogen) atoms. The Balaban J connectivity index is 0.000000193. The van der Waals surface area contributed by atoms with Crippen LogP contribution in [0.1, 0.15) is 130 Å². The van der Waals surface area contributed by atoms with Crippen LogP contribution in [0.25, 0.3) is 0 Å². The molecule has 13 rings (SSSR count). The second-order valence-electron chi connectivity index (χ2n) is 23.1. The summed E-state index contributed by atoms with van der Waals surface area (Å²) < 4.78 is 41.4. The number of esters is 2.